The van der Waals surface area contributed by atoms with Crippen molar-refractivity contribution in [3.63, 3.8) is 0 Å². The van der Waals surface area contributed by atoms with Gasteiger partial charge in [-0.25, -0.2) is 0 Å². The highest BCUT2D eigenvalue weighted by molar-refractivity contribution is 7.98. The minimum atomic E-state index is -0.195. The lowest BCUT2D eigenvalue weighted by atomic mass is 10.1. The highest BCUT2D eigenvalue weighted by Crippen LogP contribution is 2.33. The second-order valence-corrected chi connectivity index (χ2v) is 6.50. The maximum Gasteiger partial charge on any atom is 0.139 e. The van der Waals surface area contributed by atoms with Crippen molar-refractivity contribution in [2.75, 3.05) is 12.0 Å². The maximum absolute atomic E-state index is 6.43. The van der Waals surface area contributed by atoms with Crippen LogP contribution in [0, 0.1) is 0 Å². The SMILES string of the molecule is CSCC(C)c1nnc(C(Cl)c2ccccc2)s1. The molecule has 2 atom stereocenters. The predicted octanol–water partition coefficient (Wildman–Crippen LogP) is 4.33. The van der Waals surface area contributed by atoms with Gasteiger partial charge in [0.1, 0.15) is 15.4 Å². The number of rotatable bonds is 5. The van der Waals surface area contributed by atoms with Crippen molar-refractivity contribution < 1.29 is 0 Å². The Morgan fingerprint density at radius 2 is 1.89 bits per heavy atom. The van der Waals surface area contributed by atoms with Crippen molar-refractivity contribution in [3.05, 3.63) is 45.9 Å². The highest BCUT2D eigenvalue weighted by atomic mass is 35.5. The van der Waals surface area contributed by atoms with Gasteiger partial charge in [-0.15, -0.1) is 21.8 Å². The average molecular weight is 299 g/mol. The zero-order chi connectivity index (χ0) is 13.0. The van der Waals surface area contributed by atoms with Gasteiger partial charge in [0.15, 0.2) is 0 Å². The number of halogens is 1. The van der Waals surface area contributed by atoms with Crippen LogP contribution in [0.2, 0.25) is 0 Å². The number of nitrogens with zero attached hydrogens (tertiary/aromatic N) is 2. The third-order valence-electron chi connectivity index (χ3n) is 2.60. The van der Waals surface area contributed by atoms with Gasteiger partial charge in [-0.2, -0.15) is 11.8 Å². The summed E-state index contributed by atoms with van der Waals surface area (Å²) in [5, 5.41) is 10.2. The Morgan fingerprint density at radius 1 is 1.22 bits per heavy atom. The molecule has 0 aliphatic carbocycles. The van der Waals surface area contributed by atoms with Gasteiger partial charge in [0, 0.05) is 11.7 Å². The Morgan fingerprint density at radius 3 is 2.56 bits per heavy atom. The van der Waals surface area contributed by atoms with Gasteiger partial charge >= 0.3 is 0 Å². The molecule has 0 amide bonds. The van der Waals surface area contributed by atoms with E-state index in [2.05, 4.69) is 23.4 Å². The molecule has 96 valence electrons. The first kappa shape index (κ1) is 13.8. The molecule has 18 heavy (non-hydrogen) atoms. The van der Waals surface area contributed by atoms with E-state index in [-0.39, 0.29) is 5.38 Å². The van der Waals surface area contributed by atoms with E-state index in [0.29, 0.717) is 5.92 Å². The third kappa shape index (κ3) is 3.25. The van der Waals surface area contributed by atoms with E-state index >= 15 is 0 Å². The molecule has 2 nitrogen and oxygen atoms in total. The third-order valence-corrected chi connectivity index (χ3v) is 5.24. The van der Waals surface area contributed by atoms with E-state index in [9.17, 15) is 0 Å². The second kappa shape index (κ2) is 6.55. The summed E-state index contributed by atoms with van der Waals surface area (Å²) in [4.78, 5) is 0. The summed E-state index contributed by atoms with van der Waals surface area (Å²) in [6.07, 6.45) is 2.10. The Labute approximate surface area is 121 Å². The van der Waals surface area contributed by atoms with Crippen LogP contribution in [0.4, 0.5) is 0 Å². The van der Waals surface area contributed by atoms with Gasteiger partial charge in [-0.05, 0) is 11.8 Å². The van der Waals surface area contributed by atoms with Gasteiger partial charge in [-0.3, -0.25) is 0 Å². The first-order valence-corrected chi connectivity index (χ1v) is 8.38. The number of thioether (sulfide) groups is 1. The van der Waals surface area contributed by atoms with E-state index in [1.807, 2.05) is 42.1 Å². The minimum Gasteiger partial charge on any atom is -0.165 e. The summed E-state index contributed by atoms with van der Waals surface area (Å²) in [7, 11) is 0. The van der Waals surface area contributed by atoms with E-state index in [0.717, 1.165) is 21.3 Å². The molecule has 0 aliphatic heterocycles. The van der Waals surface area contributed by atoms with Gasteiger partial charge in [0.25, 0.3) is 0 Å². The molecule has 0 spiro atoms. The van der Waals surface area contributed by atoms with Gasteiger partial charge in [0.2, 0.25) is 0 Å². The molecule has 1 aromatic carbocycles. The van der Waals surface area contributed by atoms with Crippen LogP contribution < -0.4 is 0 Å². The van der Waals surface area contributed by atoms with Crippen LogP contribution in [0.15, 0.2) is 30.3 Å². The molecule has 0 fully saturated rings. The van der Waals surface area contributed by atoms with Crippen LogP contribution in [0.1, 0.15) is 33.8 Å². The summed E-state index contributed by atoms with van der Waals surface area (Å²) in [6.45, 7) is 2.17. The molecule has 0 saturated carbocycles. The van der Waals surface area contributed by atoms with Crippen LogP contribution in [0.25, 0.3) is 0 Å². The molecule has 1 heterocycles. The van der Waals surface area contributed by atoms with E-state index < -0.39 is 0 Å². The quantitative estimate of drug-likeness (QED) is 0.768. The minimum absolute atomic E-state index is 0.195. The van der Waals surface area contributed by atoms with Crippen LogP contribution in [-0.4, -0.2) is 22.2 Å². The first-order chi connectivity index (χ1) is 8.72. The molecule has 1 aromatic heterocycles. The summed E-state index contributed by atoms with van der Waals surface area (Å²) < 4.78 is 0. The smallest absolute Gasteiger partial charge is 0.139 e. The highest BCUT2D eigenvalue weighted by Gasteiger charge is 2.18. The monoisotopic (exact) mass is 298 g/mol. The molecule has 2 aromatic rings. The normalized spacial score (nSPS) is 14.4. The topological polar surface area (TPSA) is 25.8 Å². The van der Waals surface area contributed by atoms with Crippen LogP contribution in [-0.2, 0) is 0 Å². The molecule has 0 aliphatic rings. The molecular formula is C13H15ClN2S2. The molecule has 0 bridgehead atoms. The summed E-state index contributed by atoms with van der Waals surface area (Å²) in [5.41, 5.74) is 1.07. The molecule has 0 N–H and O–H groups in total. The number of benzene rings is 1. The van der Waals surface area contributed by atoms with E-state index in [4.69, 9.17) is 11.6 Å². The lowest BCUT2D eigenvalue weighted by Crippen LogP contribution is -1.95. The van der Waals surface area contributed by atoms with Gasteiger partial charge in [0.05, 0.1) is 0 Å². The zero-order valence-corrected chi connectivity index (χ0v) is 12.7. The number of aromatic nitrogens is 2. The molecular weight excluding hydrogens is 284 g/mol. The Hall–Kier alpha value is -0.580. The number of hydrogen-bond donors (Lipinski definition) is 0. The molecule has 0 saturated heterocycles. The average Bonchev–Trinajstić information content (AvgIpc) is 2.89. The van der Waals surface area contributed by atoms with Crippen molar-refractivity contribution >= 4 is 34.7 Å². The zero-order valence-electron chi connectivity index (χ0n) is 10.3. The standard InChI is InChI=1S/C13H15ClN2S2/c1-9(8-17-2)12-15-16-13(18-12)11(14)10-6-4-3-5-7-10/h3-7,9,11H,8H2,1-2H3. The Bertz CT molecular complexity index is 487. The number of hydrogen-bond acceptors (Lipinski definition) is 4. The second-order valence-electron chi connectivity index (χ2n) is 4.11. The summed E-state index contributed by atoms with van der Waals surface area (Å²) in [5.74, 6) is 1.50. The molecule has 2 rings (SSSR count). The van der Waals surface area contributed by atoms with Crippen molar-refractivity contribution in [1.82, 2.24) is 10.2 Å². The lowest BCUT2D eigenvalue weighted by Gasteiger charge is -2.05. The van der Waals surface area contributed by atoms with E-state index in [1.54, 1.807) is 11.3 Å². The van der Waals surface area contributed by atoms with Crippen molar-refractivity contribution in [1.29, 1.82) is 0 Å². The first-order valence-electron chi connectivity index (χ1n) is 5.73. The van der Waals surface area contributed by atoms with Gasteiger partial charge in [-0.1, -0.05) is 48.6 Å². The van der Waals surface area contributed by atoms with Crippen LogP contribution in [0.5, 0.6) is 0 Å². The van der Waals surface area contributed by atoms with Crippen molar-refractivity contribution in [2.24, 2.45) is 0 Å². The lowest BCUT2D eigenvalue weighted by molar-refractivity contribution is 0.829. The Balaban J connectivity index is 2.15. The fraction of sp³-hybridized carbons (Fsp3) is 0.385. The summed E-state index contributed by atoms with van der Waals surface area (Å²) in [6, 6.07) is 10.00. The molecule has 2 unspecified atom stereocenters. The van der Waals surface area contributed by atoms with Crippen LogP contribution >= 0.6 is 34.7 Å². The Kier molecular flexibility index (Phi) is 5.03. The fourth-order valence-electron chi connectivity index (χ4n) is 1.63. The van der Waals surface area contributed by atoms with Crippen LogP contribution in [0.3, 0.4) is 0 Å². The predicted molar refractivity (Wildman–Crippen MR) is 80.8 cm³/mol. The molecule has 5 heteroatoms. The summed E-state index contributed by atoms with van der Waals surface area (Å²) >= 11 is 9.87. The largest absolute Gasteiger partial charge is 0.165 e. The fourth-order valence-corrected chi connectivity index (χ4v) is 3.62. The van der Waals surface area contributed by atoms with Gasteiger partial charge < -0.3 is 0 Å². The van der Waals surface area contributed by atoms with E-state index in [1.165, 1.54) is 0 Å². The maximum atomic E-state index is 6.43. The molecule has 0 radical (unpaired) electrons. The number of alkyl halides is 1. The van der Waals surface area contributed by atoms with Crippen molar-refractivity contribution in [3.8, 4) is 0 Å². The van der Waals surface area contributed by atoms with Crippen molar-refractivity contribution in [2.45, 2.75) is 18.2 Å².